The van der Waals surface area contributed by atoms with Gasteiger partial charge in [0.05, 0.1) is 0 Å². The Balaban J connectivity index is 1.84. The van der Waals surface area contributed by atoms with Crippen LogP contribution < -0.4 is 5.32 Å². The topological polar surface area (TPSA) is 49.4 Å². The van der Waals surface area contributed by atoms with Gasteiger partial charge in [-0.15, -0.1) is 0 Å². The number of carbonyl (C=O) groups is 2. The standard InChI is InChI=1S/C19H21FN2O2/c1-15(23)22(13-11-16-7-5-6-10-18(16)20)14-12-19(24)21-17-8-3-2-4-9-17/h2-10H,11-14H2,1H3,(H,21,24). The lowest BCUT2D eigenvalue weighted by atomic mass is 10.1. The van der Waals surface area contributed by atoms with Crippen molar-refractivity contribution in [3.63, 3.8) is 0 Å². The van der Waals surface area contributed by atoms with E-state index in [1.165, 1.54) is 13.0 Å². The smallest absolute Gasteiger partial charge is 0.226 e. The van der Waals surface area contributed by atoms with Crippen LogP contribution in [-0.2, 0) is 16.0 Å². The molecule has 0 radical (unpaired) electrons. The number of hydrogen-bond donors (Lipinski definition) is 1. The highest BCUT2D eigenvalue weighted by Crippen LogP contribution is 2.09. The van der Waals surface area contributed by atoms with Crippen LogP contribution in [0.25, 0.3) is 0 Å². The first-order valence-corrected chi connectivity index (χ1v) is 7.90. The molecule has 2 aromatic carbocycles. The van der Waals surface area contributed by atoms with Crippen molar-refractivity contribution in [2.45, 2.75) is 19.8 Å². The Labute approximate surface area is 141 Å². The number of nitrogens with zero attached hydrogens (tertiary/aromatic N) is 1. The number of hydrogen-bond acceptors (Lipinski definition) is 2. The van der Waals surface area contributed by atoms with Gasteiger partial charge in [-0.2, -0.15) is 0 Å². The minimum Gasteiger partial charge on any atom is -0.342 e. The minimum absolute atomic E-state index is 0.126. The second-order valence-electron chi connectivity index (χ2n) is 5.51. The molecule has 0 aliphatic carbocycles. The van der Waals surface area contributed by atoms with Gasteiger partial charge in [0.25, 0.3) is 0 Å². The third-order valence-electron chi connectivity index (χ3n) is 3.72. The molecule has 0 aliphatic heterocycles. The normalized spacial score (nSPS) is 10.2. The maximum absolute atomic E-state index is 13.6. The summed E-state index contributed by atoms with van der Waals surface area (Å²) in [5.41, 5.74) is 1.29. The third-order valence-corrected chi connectivity index (χ3v) is 3.72. The number of nitrogens with one attached hydrogen (secondary N) is 1. The largest absolute Gasteiger partial charge is 0.342 e. The number of rotatable bonds is 7. The first-order chi connectivity index (χ1) is 11.6. The lowest BCUT2D eigenvalue weighted by molar-refractivity contribution is -0.129. The van der Waals surface area contributed by atoms with Crippen LogP contribution in [0, 0.1) is 5.82 Å². The average Bonchev–Trinajstić information content (AvgIpc) is 2.57. The second-order valence-corrected chi connectivity index (χ2v) is 5.51. The van der Waals surface area contributed by atoms with Gasteiger partial charge in [0.2, 0.25) is 11.8 Å². The molecule has 0 saturated heterocycles. The fraction of sp³-hybridized carbons (Fsp3) is 0.263. The highest BCUT2D eigenvalue weighted by atomic mass is 19.1. The second kappa shape index (κ2) is 8.82. The van der Waals surface area contributed by atoms with E-state index in [-0.39, 0.29) is 24.1 Å². The molecular formula is C19H21FN2O2. The van der Waals surface area contributed by atoms with Crippen LogP contribution in [-0.4, -0.2) is 29.8 Å². The van der Waals surface area contributed by atoms with E-state index < -0.39 is 0 Å². The molecule has 0 fully saturated rings. The molecule has 5 heteroatoms. The van der Waals surface area contributed by atoms with E-state index in [0.29, 0.717) is 25.1 Å². The molecule has 2 rings (SSSR count). The van der Waals surface area contributed by atoms with Crippen molar-refractivity contribution in [2.75, 3.05) is 18.4 Å². The molecule has 0 heterocycles. The molecule has 0 bridgehead atoms. The summed E-state index contributed by atoms with van der Waals surface area (Å²) in [7, 11) is 0. The van der Waals surface area contributed by atoms with E-state index in [4.69, 9.17) is 0 Å². The molecule has 126 valence electrons. The zero-order valence-electron chi connectivity index (χ0n) is 13.7. The molecule has 24 heavy (non-hydrogen) atoms. The van der Waals surface area contributed by atoms with Crippen LogP contribution in [0.3, 0.4) is 0 Å². The molecule has 0 atom stereocenters. The molecule has 0 saturated carbocycles. The minimum atomic E-state index is -0.275. The summed E-state index contributed by atoms with van der Waals surface area (Å²) in [5, 5.41) is 2.78. The van der Waals surface area contributed by atoms with Crippen LogP contribution in [0.5, 0.6) is 0 Å². The summed E-state index contributed by atoms with van der Waals surface area (Å²) in [6.45, 7) is 2.15. The highest BCUT2D eigenvalue weighted by Gasteiger charge is 2.12. The van der Waals surface area contributed by atoms with E-state index in [1.54, 1.807) is 35.2 Å². The summed E-state index contributed by atoms with van der Waals surface area (Å²) in [4.78, 5) is 25.2. The number of benzene rings is 2. The van der Waals surface area contributed by atoms with E-state index in [9.17, 15) is 14.0 Å². The quantitative estimate of drug-likeness (QED) is 0.848. The Bertz CT molecular complexity index is 689. The van der Waals surface area contributed by atoms with Crippen LogP contribution in [0.15, 0.2) is 54.6 Å². The van der Waals surface area contributed by atoms with Crippen molar-refractivity contribution in [1.29, 1.82) is 0 Å². The monoisotopic (exact) mass is 328 g/mol. The average molecular weight is 328 g/mol. The van der Waals surface area contributed by atoms with E-state index >= 15 is 0 Å². The summed E-state index contributed by atoms with van der Waals surface area (Å²) in [5.74, 6) is -0.556. The van der Waals surface area contributed by atoms with E-state index in [1.807, 2.05) is 18.2 Å². The van der Waals surface area contributed by atoms with Gasteiger partial charge in [-0.05, 0) is 30.2 Å². The SMILES string of the molecule is CC(=O)N(CCC(=O)Nc1ccccc1)CCc1ccccc1F. The first-order valence-electron chi connectivity index (χ1n) is 7.90. The van der Waals surface area contributed by atoms with Gasteiger partial charge in [0.1, 0.15) is 5.82 Å². The maximum atomic E-state index is 13.6. The Morgan fingerprint density at radius 1 is 1.00 bits per heavy atom. The van der Waals surface area contributed by atoms with E-state index in [2.05, 4.69) is 5.32 Å². The van der Waals surface area contributed by atoms with Crippen LogP contribution in [0.1, 0.15) is 18.9 Å². The predicted octanol–water partition coefficient (Wildman–Crippen LogP) is 3.25. The van der Waals surface area contributed by atoms with Gasteiger partial charge in [-0.3, -0.25) is 9.59 Å². The van der Waals surface area contributed by atoms with Crippen molar-refractivity contribution in [3.05, 3.63) is 66.0 Å². The van der Waals surface area contributed by atoms with Crippen LogP contribution in [0.4, 0.5) is 10.1 Å². The Morgan fingerprint density at radius 2 is 1.67 bits per heavy atom. The van der Waals surface area contributed by atoms with Gasteiger partial charge in [-0.1, -0.05) is 36.4 Å². The zero-order valence-corrected chi connectivity index (χ0v) is 13.7. The van der Waals surface area contributed by atoms with Gasteiger partial charge < -0.3 is 10.2 Å². The molecule has 4 nitrogen and oxygen atoms in total. The van der Waals surface area contributed by atoms with Crippen molar-refractivity contribution in [1.82, 2.24) is 4.90 Å². The summed E-state index contributed by atoms with van der Waals surface area (Å²) < 4.78 is 13.6. The Kier molecular flexibility index (Phi) is 6.49. The van der Waals surface area contributed by atoms with Gasteiger partial charge in [-0.25, -0.2) is 4.39 Å². The van der Waals surface area contributed by atoms with Crippen LogP contribution in [0.2, 0.25) is 0 Å². The molecule has 2 amide bonds. The van der Waals surface area contributed by atoms with Crippen molar-refractivity contribution in [2.24, 2.45) is 0 Å². The molecule has 0 unspecified atom stereocenters. The predicted molar refractivity (Wildman–Crippen MR) is 92.0 cm³/mol. The molecule has 0 aromatic heterocycles. The third kappa shape index (κ3) is 5.50. The Morgan fingerprint density at radius 3 is 2.33 bits per heavy atom. The molecule has 0 spiro atoms. The maximum Gasteiger partial charge on any atom is 0.226 e. The molecular weight excluding hydrogens is 307 g/mol. The first kappa shape index (κ1) is 17.7. The number of halogens is 1. The van der Waals surface area contributed by atoms with Crippen LogP contribution >= 0.6 is 0 Å². The molecule has 1 N–H and O–H groups in total. The molecule has 0 aliphatic rings. The highest BCUT2D eigenvalue weighted by molar-refractivity contribution is 5.91. The van der Waals surface area contributed by atoms with Gasteiger partial charge in [0, 0.05) is 32.1 Å². The van der Waals surface area contributed by atoms with Gasteiger partial charge in [0.15, 0.2) is 0 Å². The fourth-order valence-electron chi connectivity index (χ4n) is 2.36. The summed E-state index contributed by atoms with van der Waals surface area (Å²) >= 11 is 0. The zero-order chi connectivity index (χ0) is 17.4. The number of amides is 2. The lowest BCUT2D eigenvalue weighted by Gasteiger charge is -2.21. The summed E-state index contributed by atoms with van der Waals surface area (Å²) in [6, 6.07) is 15.7. The van der Waals surface area contributed by atoms with Gasteiger partial charge >= 0.3 is 0 Å². The molecule has 2 aromatic rings. The fourth-order valence-corrected chi connectivity index (χ4v) is 2.36. The lowest BCUT2D eigenvalue weighted by Crippen LogP contribution is -2.33. The number of carbonyl (C=O) groups excluding carboxylic acids is 2. The van der Waals surface area contributed by atoms with Crippen molar-refractivity contribution in [3.8, 4) is 0 Å². The van der Waals surface area contributed by atoms with Crippen molar-refractivity contribution >= 4 is 17.5 Å². The summed E-state index contributed by atoms with van der Waals surface area (Å²) in [6.07, 6.45) is 0.623. The number of anilines is 1. The van der Waals surface area contributed by atoms with Crippen molar-refractivity contribution < 1.29 is 14.0 Å². The van der Waals surface area contributed by atoms with E-state index in [0.717, 1.165) is 5.69 Å². The number of para-hydroxylation sites is 1. The Hall–Kier alpha value is -2.69.